The Labute approximate surface area is 79.7 Å². The number of nitrogens with zero attached hydrogens (tertiary/aromatic N) is 1. The Balaban J connectivity index is 2.23. The molecule has 1 N–H and O–H groups in total. The van der Waals surface area contributed by atoms with E-state index in [0.717, 1.165) is 5.01 Å². The summed E-state index contributed by atoms with van der Waals surface area (Å²) in [5.74, 6) is 0.220. The van der Waals surface area contributed by atoms with Crippen molar-refractivity contribution < 1.29 is 19.1 Å². The molecule has 1 fully saturated rings. The van der Waals surface area contributed by atoms with Crippen molar-refractivity contribution in [3.8, 4) is 0 Å². The third-order valence-electron chi connectivity index (χ3n) is 1.30. The minimum Gasteiger partial charge on any atom is -0.447 e. The fraction of sp³-hybridized carbons (Fsp3) is 0.667. The maximum absolute atomic E-state index is 10.9. The van der Waals surface area contributed by atoms with Crippen molar-refractivity contribution >= 4 is 23.8 Å². The summed E-state index contributed by atoms with van der Waals surface area (Å²) >= 11 is 5.28. The molecule has 0 aliphatic carbocycles. The molecule has 7 heteroatoms. The van der Waals surface area contributed by atoms with E-state index in [1.807, 2.05) is 0 Å². The summed E-state index contributed by atoms with van der Waals surface area (Å²) < 4.78 is 9.13. The summed E-state index contributed by atoms with van der Waals surface area (Å²) in [6.45, 7) is 0.708. The Kier molecular flexibility index (Phi) is 3.63. The van der Waals surface area contributed by atoms with Gasteiger partial charge in [-0.05, 0) is 0 Å². The molecule has 0 saturated carbocycles. The van der Waals surface area contributed by atoms with Gasteiger partial charge in [0.2, 0.25) is 0 Å². The molecule has 0 radical (unpaired) electrons. The van der Waals surface area contributed by atoms with Crippen molar-refractivity contribution in [3.63, 3.8) is 0 Å². The lowest BCUT2D eigenvalue weighted by molar-refractivity contribution is 0.114. The second kappa shape index (κ2) is 4.76. The van der Waals surface area contributed by atoms with Gasteiger partial charge >= 0.3 is 12.2 Å². The average molecular weight is 209 g/mol. The summed E-state index contributed by atoms with van der Waals surface area (Å²) in [6, 6.07) is 0. The van der Waals surface area contributed by atoms with Crippen LogP contribution in [0, 0.1) is 0 Å². The number of amides is 2. The molecule has 0 bridgehead atoms. The Morgan fingerprint density at radius 3 is 3.08 bits per heavy atom. The molecule has 1 heterocycles. The molecule has 0 spiro atoms. The number of hydrogen-bond acceptors (Lipinski definition) is 4. The van der Waals surface area contributed by atoms with E-state index in [2.05, 4.69) is 14.9 Å². The van der Waals surface area contributed by atoms with Crippen LogP contribution in [-0.4, -0.2) is 42.8 Å². The molecule has 0 aromatic carbocycles. The standard InChI is InChI=1S/C6H9ClN2O4/c7-1-3-12-5(10)8-9-2-4-13-6(9)11/h1-4H2,(H,8,10). The smallest absolute Gasteiger partial charge is 0.428 e. The van der Waals surface area contributed by atoms with Gasteiger partial charge in [0.25, 0.3) is 0 Å². The maximum atomic E-state index is 10.9. The summed E-state index contributed by atoms with van der Waals surface area (Å²) in [6.07, 6.45) is -1.29. The highest BCUT2D eigenvalue weighted by Gasteiger charge is 2.23. The van der Waals surface area contributed by atoms with Crippen LogP contribution in [-0.2, 0) is 9.47 Å². The number of alkyl halides is 1. The largest absolute Gasteiger partial charge is 0.447 e. The van der Waals surface area contributed by atoms with Crippen LogP contribution in [0.5, 0.6) is 0 Å². The van der Waals surface area contributed by atoms with Crippen molar-refractivity contribution in [2.45, 2.75) is 0 Å². The van der Waals surface area contributed by atoms with Crippen molar-refractivity contribution in [2.75, 3.05) is 25.6 Å². The molecule has 0 atom stereocenters. The first kappa shape index (κ1) is 9.91. The fourth-order valence-corrected chi connectivity index (χ4v) is 0.846. The number of rotatable bonds is 3. The lowest BCUT2D eigenvalue weighted by Crippen LogP contribution is -2.43. The molecular weight excluding hydrogens is 200 g/mol. The van der Waals surface area contributed by atoms with E-state index < -0.39 is 12.2 Å². The monoisotopic (exact) mass is 208 g/mol. The van der Waals surface area contributed by atoms with Crippen LogP contribution in [0.2, 0.25) is 0 Å². The van der Waals surface area contributed by atoms with Crippen molar-refractivity contribution in [3.05, 3.63) is 0 Å². The van der Waals surface area contributed by atoms with Crippen LogP contribution in [0.3, 0.4) is 0 Å². The Bertz CT molecular complexity index is 211. The zero-order valence-electron chi connectivity index (χ0n) is 6.79. The predicted octanol–water partition coefficient (Wildman–Crippen LogP) is 0.319. The summed E-state index contributed by atoms with van der Waals surface area (Å²) in [7, 11) is 0. The molecular formula is C6H9ClN2O4. The maximum Gasteiger partial charge on any atom is 0.428 e. The van der Waals surface area contributed by atoms with Crippen LogP contribution < -0.4 is 5.43 Å². The molecule has 1 aliphatic rings. The first-order chi connectivity index (χ1) is 6.24. The summed E-state index contributed by atoms with van der Waals surface area (Å²) in [4.78, 5) is 21.7. The zero-order valence-corrected chi connectivity index (χ0v) is 7.54. The zero-order chi connectivity index (χ0) is 9.68. The topological polar surface area (TPSA) is 67.9 Å². The Morgan fingerprint density at radius 2 is 2.54 bits per heavy atom. The van der Waals surface area contributed by atoms with Gasteiger partial charge in [-0.25, -0.2) is 20.0 Å². The van der Waals surface area contributed by atoms with Gasteiger partial charge in [0.1, 0.15) is 13.2 Å². The first-order valence-corrected chi connectivity index (χ1v) is 4.21. The van der Waals surface area contributed by atoms with Gasteiger partial charge in [-0.2, -0.15) is 0 Å². The van der Waals surface area contributed by atoms with E-state index in [4.69, 9.17) is 11.6 Å². The number of nitrogens with one attached hydrogen (secondary N) is 1. The molecule has 1 aliphatic heterocycles. The molecule has 2 amide bonds. The Hall–Kier alpha value is -1.17. The van der Waals surface area contributed by atoms with Gasteiger partial charge in [-0.1, -0.05) is 0 Å². The quantitative estimate of drug-likeness (QED) is 0.679. The summed E-state index contributed by atoms with van der Waals surface area (Å²) in [5.41, 5.74) is 2.20. The van der Waals surface area contributed by atoms with Gasteiger partial charge in [-0.15, -0.1) is 11.6 Å². The van der Waals surface area contributed by atoms with Crippen LogP contribution in [0.15, 0.2) is 0 Å². The van der Waals surface area contributed by atoms with Crippen LogP contribution >= 0.6 is 11.6 Å². The molecule has 1 saturated heterocycles. The third-order valence-corrected chi connectivity index (χ3v) is 1.45. The normalized spacial score (nSPS) is 15.5. The van der Waals surface area contributed by atoms with Crippen molar-refractivity contribution in [2.24, 2.45) is 0 Å². The van der Waals surface area contributed by atoms with Gasteiger partial charge < -0.3 is 9.47 Å². The highest BCUT2D eigenvalue weighted by Crippen LogP contribution is 1.98. The number of carbonyl (C=O) groups excluding carboxylic acids is 2. The molecule has 13 heavy (non-hydrogen) atoms. The predicted molar refractivity (Wildman–Crippen MR) is 43.3 cm³/mol. The van der Waals surface area contributed by atoms with Gasteiger partial charge in [0.15, 0.2) is 0 Å². The molecule has 0 unspecified atom stereocenters. The van der Waals surface area contributed by atoms with E-state index in [1.54, 1.807) is 0 Å². The van der Waals surface area contributed by atoms with E-state index in [-0.39, 0.29) is 19.1 Å². The van der Waals surface area contributed by atoms with Crippen molar-refractivity contribution in [1.29, 1.82) is 0 Å². The second-order valence-electron chi connectivity index (χ2n) is 2.20. The molecule has 0 aromatic heterocycles. The first-order valence-electron chi connectivity index (χ1n) is 3.67. The summed E-state index contributed by atoms with van der Waals surface area (Å²) in [5, 5.41) is 1.04. The number of carbonyl (C=O) groups is 2. The number of halogens is 1. The highest BCUT2D eigenvalue weighted by molar-refractivity contribution is 6.18. The number of hydrazine groups is 1. The lowest BCUT2D eigenvalue weighted by Gasteiger charge is -2.13. The second-order valence-corrected chi connectivity index (χ2v) is 2.58. The van der Waals surface area contributed by atoms with Crippen LogP contribution in [0.4, 0.5) is 9.59 Å². The van der Waals surface area contributed by atoms with Gasteiger partial charge in [0, 0.05) is 0 Å². The molecule has 74 valence electrons. The van der Waals surface area contributed by atoms with E-state index in [0.29, 0.717) is 6.54 Å². The minimum absolute atomic E-state index is 0.107. The third kappa shape index (κ3) is 2.98. The molecule has 0 aromatic rings. The fourth-order valence-electron chi connectivity index (χ4n) is 0.769. The van der Waals surface area contributed by atoms with E-state index in [9.17, 15) is 9.59 Å². The molecule has 1 rings (SSSR count). The SMILES string of the molecule is O=C(NN1CCOC1=O)OCCCl. The minimum atomic E-state index is -0.709. The number of cyclic esters (lactones) is 1. The number of ether oxygens (including phenoxy) is 2. The van der Waals surface area contributed by atoms with Gasteiger partial charge in [0.05, 0.1) is 12.4 Å². The Morgan fingerprint density at radius 1 is 1.77 bits per heavy atom. The lowest BCUT2D eigenvalue weighted by atomic mass is 10.7. The van der Waals surface area contributed by atoms with E-state index in [1.165, 1.54) is 0 Å². The van der Waals surface area contributed by atoms with Gasteiger partial charge in [-0.3, -0.25) is 0 Å². The highest BCUT2D eigenvalue weighted by atomic mass is 35.5. The average Bonchev–Trinajstić information content (AvgIpc) is 2.48. The van der Waals surface area contributed by atoms with Crippen molar-refractivity contribution in [1.82, 2.24) is 10.4 Å². The van der Waals surface area contributed by atoms with Crippen LogP contribution in [0.1, 0.15) is 0 Å². The molecule has 6 nitrogen and oxygen atoms in total. The number of hydrogen-bond donors (Lipinski definition) is 1. The van der Waals surface area contributed by atoms with Crippen LogP contribution in [0.25, 0.3) is 0 Å². The van der Waals surface area contributed by atoms with E-state index >= 15 is 0 Å².